The molecule has 1 atom stereocenters. The van der Waals surface area contributed by atoms with Crippen LogP contribution >= 0.6 is 0 Å². The fourth-order valence-corrected chi connectivity index (χ4v) is 3.71. The Morgan fingerprint density at radius 1 is 1.19 bits per heavy atom. The molecule has 0 aromatic heterocycles. The van der Waals surface area contributed by atoms with E-state index in [0.717, 1.165) is 64.0 Å². The van der Waals surface area contributed by atoms with Gasteiger partial charge < -0.3 is 9.80 Å². The zero-order chi connectivity index (χ0) is 19.6. The maximum absolute atomic E-state index is 12.0. The van der Waals surface area contributed by atoms with Crippen LogP contribution < -0.4 is 0 Å². The van der Waals surface area contributed by atoms with Gasteiger partial charge in [0.15, 0.2) is 0 Å². The van der Waals surface area contributed by atoms with E-state index in [0.29, 0.717) is 18.2 Å². The molecule has 0 radical (unpaired) electrons. The summed E-state index contributed by atoms with van der Waals surface area (Å²) in [6, 6.07) is 6.89. The van der Waals surface area contributed by atoms with E-state index in [2.05, 4.69) is 18.7 Å². The number of hydrogen-bond donors (Lipinski definition) is 0. The maximum Gasteiger partial charge on any atom is 0.269 e. The maximum atomic E-state index is 12.0. The molecule has 1 fully saturated rings. The lowest BCUT2D eigenvalue weighted by molar-refractivity contribution is -0.384. The monoisotopic (exact) mass is 375 g/mol. The van der Waals surface area contributed by atoms with E-state index < -0.39 is 0 Å². The number of nitro benzene ring substituents is 1. The average molecular weight is 376 g/mol. The second-order valence-electron chi connectivity index (χ2n) is 7.54. The molecule has 2 rings (SSSR count). The zero-order valence-corrected chi connectivity index (χ0v) is 16.7. The van der Waals surface area contributed by atoms with Crippen molar-refractivity contribution in [3.63, 3.8) is 0 Å². The molecular formula is C21H33N3O3. The molecule has 1 aliphatic rings. The molecule has 0 spiro atoms. The van der Waals surface area contributed by atoms with Crippen molar-refractivity contribution in [2.45, 2.75) is 58.3 Å². The number of likely N-dealkylation sites (N-methyl/N-ethyl adjacent to an activating group) is 1. The summed E-state index contributed by atoms with van der Waals surface area (Å²) < 4.78 is 0. The van der Waals surface area contributed by atoms with Crippen LogP contribution in [-0.2, 0) is 4.79 Å². The van der Waals surface area contributed by atoms with E-state index in [1.165, 1.54) is 6.42 Å². The van der Waals surface area contributed by atoms with E-state index in [1.54, 1.807) is 12.1 Å². The van der Waals surface area contributed by atoms with Crippen LogP contribution in [0.1, 0.15) is 63.9 Å². The van der Waals surface area contributed by atoms with Crippen LogP contribution in [0.15, 0.2) is 24.3 Å². The Kier molecular flexibility index (Phi) is 8.72. The molecule has 1 saturated heterocycles. The lowest BCUT2D eigenvalue weighted by Crippen LogP contribution is -2.32. The summed E-state index contributed by atoms with van der Waals surface area (Å²) in [6.45, 7) is 9.09. The smallest absolute Gasteiger partial charge is 0.269 e. The number of carbonyl (C=O) groups excluding carboxylic acids is 1. The van der Waals surface area contributed by atoms with Crippen molar-refractivity contribution < 1.29 is 9.72 Å². The lowest BCUT2D eigenvalue weighted by Gasteiger charge is -2.25. The van der Waals surface area contributed by atoms with Gasteiger partial charge in [0.25, 0.3) is 5.69 Å². The molecule has 6 nitrogen and oxygen atoms in total. The van der Waals surface area contributed by atoms with Crippen LogP contribution in [0.25, 0.3) is 0 Å². The third-order valence-electron chi connectivity index (χ3n) is 5.48. The molecular weight excluding hydrogens is 342 g/mol. The van der Waals surface area contributed by atoms with Crippen LogP contribution in [-0.4, -0.2) is 53.4 Å². The fraction of sp³-hybridized carbons (Fsp3) is 0.667. The van der Waals surface area contributed by atoms with Crippen LogP contribution in [0.3, 0.4) is 0 Å². The largest absolute Gasteiger partial charge is 0.343 e. The van der Waals surface area contributed by atoms with Gasteiger partial charge in [0.2, 0.25) is 5.91 Å². The van der Waals surface area contributed by atoms with Gasteiger partial charge in [-0.15, -0.1) is 0 Å². The summed E-state index contributed by atoms with van der Waals surface area (Å²) in [4.78, 5) is 26.9. The lowest BCUT2D eigenvalue weighted by atomic mass is 10.00. The first-order valence-electron chi connectivity index (χ1n) is 10.3. The van der Waals surface area contributed by atoms with Gasteiger partial charge in [-0.25, -0.2) is 0 Å². The minimum Gasteiger partial charge on any atom is -0.343 e. The Bertz CT molecular complexity index is 603. The Labute approximate surface area is 162 Å². The fourth-order valence-electron chi connectivity index (χ4n) is 3.71. The highest BCUT2D eigenvalue weighted by atomic mass is 16.6. The molecule has 1 aromatic rings. The molecule has 0 bridgehead atoms. The Balaban J connectivity index is 1.74. The molecule has 0 saturated carbocycles. The highest BCUT2D eigenvalue weighted by Gasteiger charge is 2.16. The number of carbonyl (C=O) groups is 1. The summed E-state index contributed by atoms with van der Waals surface area (Å²) in [6.07, 6.45) is 6.21. The normalized spacial score (nSPS) is 16.4. The summed E-state index contributed by atoms with van der Waals surface area (Å²) in [5, 5.41) is 10.8. The SMILES string of the molecule is CCN(CCCCN1CCCCCC1=O)CC(C)c1ccc([N+](=O)[O-])cc1. The quantitative estimate of drug-likeness (QED) is 0.349. The Morgan fingerprint density at radius 2 is 1.93 bits per heavy atom. The van der Waals surface area contributed by atoms with E-state index in [-0.39, 0.29) is 10.6 Å². The summed E-state index contributed by atoms with van der Waals surface area (Å²) in [5.74, 6) is 0.657. The van der Waals surface area contributed by atoms with Gasteiger partial charge in [-0.3, -0.25) is 14.9 Å². The van der Waals surface area contributed by atoms with Gasteiger partial charge in [-0.05, 0) is 50.3 Å². The molecule has 1 heterocycles. The third-order valence-corrected chi connectivity index (χ3v) is 5.48. The molecule has 150 valence electrons. The molecule has 0 aliphatic carbocycles. The minimum absolute atomic E-state index is 0.140. The van der Waals surface area contributed by atoms with E-state index in [4.69, 9.17) is 0 Å². The molecule has 0 N–H and O–H groups in total. The van der Waals surface area contributed by atoms with Crippen molar-refractivity contribution in [1.82, 2.24) is 9.80 Å². The van der Waals surface area contributed by atoms with Crippen LogP contribution in [0.5, 0.6) is 0 Å². The number of benzene rings is 1. The highest BCUT2D eigenvalue weighted by molar-refractivity contribution is 5.76. The van der Waals surface area contributed by atoms with Gasteiger partial charge in [0.1, 0.15) is 0 Å². The van der Waals surface area contributed by atoms with Crippen LogP contribution in [0, 0.1) is 10.1 Å². The molecule has 1 amide bonds. The number of nitro groups is 1. The van der Waals surface area contributed by atoms with Gasteiger partial charge in [0, 0.05) is 38.2 Å². The van der Waals surface area contributed by atoms with Crippen molar-refractivity contribution in [3.05, 3.63) is 39.9 Å². The number of nitrogens with zero attached hydrogens (tertiary/aromatic N) is 3. The van der Waals surface area contributed by atoms with E-state index in [9.17, 15) is 14.9 Å². The summed E-state index contributed by atoms with van der Waals surface area (Å²) in [5.41, 5.74) is 1.27. The molecule has 1 unspecified atom stereocenters. The van der Waals surface area contributed by atoms with Crippen molar-refractivity contribution in [3.8, 4) is 0 Å². The molecule has 6 heteroatoms. The first-order valence-corrected chi connectivity index (χ1v) is 10.3. The van der Waals surface area contributed by atoms with E-state index in [1.807, 2.05) is 17.0 Å². The van der Waals surface area contributed by atoms with Crippen molar-refractivity contribution >= 4 is 11.6 Å². The van der Waals surface area contributed by atoms with Crippen molar-refractivity contribution in [1.29, 1.82) is 0 Å². The predicted octanol–water partition coefficient (Wildman–Crippen LogP) is 4.20. The molecule has 1 aromatic carbocycles. The Morgan fingerprint density at radius 3 is 2.59 bits per heavy atom. The summed E-state index contributed by atoms with van der Waals surface area (Å²) in [7, 11) is 0. The number of likely N-dealkylation sites (tertiary alicyclic amines) is 1. The number of non-ortho nitro benzene ring substituents is 1. The first kappa shape index (κ1) is 21.4. The van der Waals surface area contributed by atoms with Gasteiger partial charge in [-0.1, -0.05) is 32.4 Å². The van der Waals surface area contributed by atoms with E-state index >= 15 is 0 Å². The summed E-state index contributed by atoms with van der Waals surface area (Å²) >= 11 is 0. The second-order valence-corrected chi connectivity index (χ2v) is 7.54. The number of amides is 1. The first-order chi connectivity index (χ1) is 13.0. The predicted molar refractivity (Wildman–Crippen MR) is 108 cm³/mol. The van der Waals surface area contributed by atoms with Crippen LogP contribution in [0.2, 0.25) is 0 Å². The van der Waals surface area contributed by atoms with Crippen LogP contribution in [0.4, 0.5) is 5.69 Å². The second kappa shape index (κ2) is 11.0. The number of hydrogen-bond acceptors (Lipinski definition) is 4. The van der Waals surface area contributed by atoms with Gasteiger partial charge in [-0.2, -0.15) is 0 Å². The topological polar surface area (TPSA) is 66.7 Å². The number of unbranched alkanes of at least 4 members (excludes halogenated alkanes) is 1. The van der Waals surface area contributed by atoms with Gasteiger partial charge >= 0.3 is 0 Å². The third kappa shape index (κ3) is 6.94. The minimum atomic E-state index is -0.359. The molecule has 27 heavy (non-hydrogen) atoms. The zero-order valence-electron chi connectivity index (χ0n) is 16.7. The van der Waals surface area contributed by atoms with Crippen molar-refractivity contribution in [2.75, 3.05) is 32.7 Å². The average Bonchev–Trinajstić information content (AvgIpc) is 2.88. The number of rotatable bonds is 10. The van der Waals surface area contributed by atoms with Gasteiger partial charge in [0.05, 0.1) is 4.92 Å². The molecule has 1 aliphatic heterocycles. The standard InChI is InChI=1S/C21H33N3O3/c1-3-22(14-7-8-16-23-15-6-4-5-9-21(23)25)17-18(2)19-10-12-20(13-11-19)24(26)27/h10-13,18H,3-9,14-17H2,1-2H3. The Hall–Kier alpha value is -1.95. The van der Waals surface area contributed by atoms with Crippen molar-refractivity contribution in [2.24, 2.45) is 0 Å². The highest BCUT2D eigenvalue weighted by Crippen LogP contribution is 2.20.